The number of hydrogen-bond acceptors (Lipinski definition) is 5. The minimum Gasteiger partial charge on any atom is -0.495 e. The van der Waals surface area contributed by atoms with Crippen molar-refractivity contribution < 1.29 is 9.53 Å². The Morgan fingerprint density at radius 1 is 1.10 bits per heavy atom. The zero-order valence-electron chi connectivity index (χ0n) is 16.3. The van der Waals surface area contributed by atoms with E-state index < -0.39 is 5.43 Å². The monoisotopic (exact) mass is 412 g/mol. The molecule has 0 unspecified atom stereocenters. The van der Waals surface area contributed by atoms with Gasteiger partial charge in [0, 0.05) is 38.2 Å². The van der Waals surface area contributed by atoms with Crippen molar-refractivity contribution in [3.8, 4) is 5.75 Å². The van der Waals surface area contributed by atoms with Crippen molar-refractivity contribution in [2.24, 2.45) is 7.05 Å². The third-order valence-corrected chi connectivity index (χ3v) is 5.45. The number of benzene rings is 2. The first-order chi connectivity index (χ1) is 14.0. The Labute approximate surface area is 173 Å². The molecule has 1 aliphatic heterocycles. The van der Waals surface area contributed by atoms with E-state index in [1.807, 2.05) is 24.3 Å². The van der Waals surface area contributed by atoms with Crippen LogP contribution in [0.2, 0.25) is 5.02 Å². The molecule has 1 aromatic heterocycles. The molecule has 2 aromatic carbocycles. The molecule has 7 nitrogen and oxygen atoms in total. The molecule has 8 heteroatoms. The molecule has 1 fully saturated rings. The number of amides is 1. The molecular formula is C21H21ClN4O3. The Balaban J connectivity index is 1.57. The third-order valence-electron chi connectivity index (χ3n) is 5.21. The number of anilines is 1. The predicted molar refractivity (Wildman–Crippen MR) is 113 cm³/mol. The maximum absolute atomic E-state index is 13.0. The van der Waals surface area contributed by atoms with Gasteiger partial charge < -0.3 is 14.5 Å². The summed E-state index contributed by atoms with van der Waals surface area (Å²) in [5, 5.41) is 5.09. The van der Waals surface area contributed by atoms with Crippen LogP contribution in [0.1, 0.15) is 10.5 Å². The number of nitrogens with zero attached hydrogens (tertiary/aromatic N) is 4. The average molecular weight is 413 g/mol. The molecule has 0 N–H and O–H groups in total. The van der Waals surface area contributed by atoms with Crippen molar-refractivity contribution in [1.82, 2.24) is 14.7 Å². The van der Waals surface area contributed by atoms with Gasteiger partial charge in [-0.15, -0.1) is 0 Å². The van der Waals surface area contributed by atoms with Gasteiger partial charge in [0.2, 0.25) is 5.43 Å². The summed E-state index contributed by atoms with van der Waals surface area (Å²) < 4.78 is 6.98. The highest BCUT2D eigenvalue weighted by Crippen LogP contribution is 2.28. The number of carbonyl (C=O) groups is 1. The van der Waals surface area contributed by atoms with Crippen LogP contribution in [0.4, 0.5) is 5.69 Å². The highest BCUT2D eigenvalue weighted by molar-refractivity contribution is 6.31. The van der Waals surface area contributed by atoms with E-state index >= 15 is 0 Å². The van der Waals surface area contributed by atoms with Crippen LogP contribution in [0, 0.1) is 0 Å². The van der Waals surface area contributed by atoms with E-state index in [4.69, 9.17) is 16.3 Å². The number of aromatic nitrogens is 2. The quantitative estimate of drug-likeness (QED) is 0.661. The zero-order chi connectivity index (χ0) is 20.5. The summed E-state index contributed by atoms with van der Waals surface area (Å²) in [4.78, 5) is 29.8. The van der Waals surface area contributed by atoms with Crippen LogP contribution < -0.4 is 15.1 Å². The molecule has 0 saturated carbocycles. The summed E-state index contributed by atoms with van der Waals surface area (Å²) in [6, 6.07) is 12.8. The van der Waals surface area contributed by atoms with Crippen LogP contribution in [0.15, 0.2) is 47.3 Å². The topological polar surface area (TPSA) is 67.7 Å². The van der Waals surface area contributed by atoms with Gasteiger partial charge in [0.25, 0.3) is 5.91 Å². The first-order valence-corrected chi connectivity index (χ1v) is 9.71. The van der Waals surface area contributed by atoms with Crippen LogP contribution in [0.5, 0.6) is 5.75 Å². The lowest BCUT2D eigenvalue weighted by Crippen LogP contribution is -2.50. The largest absolute Gasteiger partial charge is 0.495 e. The fraction of sp³-hybridized carbons (Fsp3) is 0.286. The number of carbonyl (C=O) groups excluding carboxylic acids is 1. The lowest BCUT2D eigenvalue weighted by Gasteiger charge is -2.36. The Kier molecular flexibility index (Phi) is 5.15. The van der Waals surface area contributed by atoms with Gasteiger partial charge in [-0.2, -0.15) is 5.10 Å². The molecule has 4 rings (SSSR count). The minimum absolute atomic E-state index is 0.0759. The van der Waals surface area contributed by atoms with Gasteiger partial charge in [-0.3, -0.25) is 14.3 Å². The van der Waals surface area contributed by atoms with Gasteiger partial charge in [-0.25, -0.2) is 0 Å². The standard InChI is InChI=1S/C21H21ClN4O3/c1-24-16-8-7-14(22)13-15(16)20(27)19(23-24)21(28)26-11-9-25(10-12-26)17-5-3-4-6-18(17)29-2/h3-8,13H,9-12H2,1-2H3. The molecule has 1 amide bonds. The normalized spacial score (nSPS) is 14.3. The Hall–Kier alpha value is -3.06. The number of ether oxygens (including phenoxy) is 1. The van der Waals surface area contributed by atoms with Crippen LogP contribution in [0.25, 0.3) is 10.9 Å². The van der Waals surface area contributed by atoms with E-state index in [-0.39, 0.29) is 11.6 Å². The number of rotatable bonds is 3. The van der Waals surface area contributed by atoms with Crippen LogP contribution in [0.3, 0.4) is 0 Å². The lowest BCUT2D eigenvalue weighted by atomic mass is 10.1. The van der Waals surface area contributed by atoms with E-state index in [0.717, 1.165) is 11.4 Å². The summed E-state index contributed by atoms with van der Waals surface area (Å²) >= 11 is 6.04. The third kappa shape index (κ3) is 3.53. The number of halogens is 1. The average Bonchev–Trinajstić information content (AvgIpc) is 2.75. The molecule has 0 bridgehead atoms. The summed E-state index contributed by atoms with van der Waals surface area (Å²) in [5.41, 5.74) is 1.17. The first kappa shape index (κ1) is 19.3. The van der Waals surface area contributed by atoms with Crippen molar-refractivity contribution in [2.45, 2.75) is 0 Å². The van der Waals surface area contributed by atoms with Crippen molar-refractivity contribution in [1.29, 1.82) is 0 Å². The second-order valence-electron chi connectivity index (χ2n) is 6.91. The van der Waals surface area contributed by atoms with Crippen molar-refractivity contribution >= 4 is 34.1 Å². The van der Waals surface area contributed by atoms with Crippen LogP contribution in [-0.2, 0) is 7.05 Å². The Bertz CT molecular complexity index is 1140. The molecule has 0 aliphatic carbocycles. The first-order valence-electron chi connectivity index (χ1n) is 9.33. The van der Waals surface area contributed by atoms with Gasteiger partial charge in [0.1, 0.15) is 5.75 Å². The SMILES string of the molecule is COc1ccccc1N1CCN(C(=O)c2nn(C)c3ccc(Cl)cc3c2=O)CC1. The van der Waals surface area contributed by atoms with E-state index in [1.165, 1.54) is 0 Å². The van der Waals surface area contributed by atoms with Crippen LogP contribution >= 0.6 is 11.6 Å². The van der Waals surface area contributed by atoms with E-state index in [2.05, 4.69) is 10.00 Å². The molecule has 1 aliphatic rings. The predicted octanol–water partition coefficient (Wildman–Crippen LogP) is 2.56. The number of hydrogen-bond donors (Lipinski definition) is 0. The van der Waals surface area contributed by atoms with Gasteiger partial charge in [0.15, 0.2) is 5.69 Å². The minimum atomic E-state index is -0.391. The lowest BCUT2D eigenvalue weighted by molar-refractivity contribution is 0.0737. The molecule has 2 heterocycles. The van der Waals surface area contributed by atoms with Crippen LogP contribution in [-0.4, -0.2) is 53.9 Å². The summed E-state index contributed by atoms with van der Waals surface area (Å²) in [6.45, 7) is 2.28. The molecule has 3 aromatic rings. The number of piperazine rings is 1. The highest BCUT2D eigenvalue weighted by Gasteiger charge is 2.27. The number of methoxy groups -OCH3 is 1. The maximum atomic E-state index is 13.0. The van der Waals surface area contributed by atoms with Gasteiger partial charge >= 0.3 is 0 Å². The summed E-state index contributed by atoms with van der Waals surface area (Å²) in [6.07, 6.45) is 0. The van der Waals surface area contributed by atoms with E-state index in [1.54, 1.807) is 41.9 Å². The number of aryl methyl sites for hydroxylation is 1. The fourth-order valence-electron chi connectivity index (χ4n) is 3.68. The summed E-state index contributed by atoms with van der Waals surface area (Å²) in [7, 11) is 3.36. The second-order valence-corrected chi connectivity index (χ2v) is 7.35. The van der Waals surface area contributed by atoms with Gasteiger partial charge in [-0.05, 0) is 30.3 Å². The molecule has 0 atom stereocenters. The fourth-order valence-corrected chi connectivity index (χ4v) is 3.85. The molecule has 1 saturated heterocycles. The van der Waals surface area contributed by atoms with E-state index in [0.29, 0.717) is 42.1 Å². The second kappa shape index (κ2) is 7.75. The zero-order valence-corrected chi connectivity index (χ0v) is 17.0. The van der Waals surface area contributed by atoms with Crippen molar-refractivity contribution in [3.63, 3.8) is 0 Å². The number of fused-ring (bicyclic) bond motifs is 1. The smallest absolute Gasteiger partial charge is 0.278 e. The van der Waals surface area contributed by atoms with Gasteiger partial charge in [-0.1, -0.05) is 23.7 Å². The summed E-state index contributed by atoms with van der Waals surface area (Å²) in [5.74, 6) is 0.446. The molecule has 29 heavy (non-hydrogen) atoms. The van der Waals surface area contributed by atoms with E-state index in [9.17, 15) is 9.59 Å². The van der Waals surface area contributed by atoms with Crippen molar-refractivity contribution in [2.75, 3.05) is 38.2 Å². The van der Waals surface area contributed by atoms with Crippen molar-refractivity contribution in [3.05, 3.63) is 63.4 Å². The molecule has 0 spiro atoms. The Morgan fingerprint density at radius 3 is 2.55 bits per heavy atom. The van der Waals surface area contributed by atoms with Gasteiger partial charge in [0.05, 0.1) is 23.7 Å². The maximum Gasteiger partial charge on any atom is 0.278 e. The highest BCUT2D eigenvalue weighted by atomic mass is 35.5. The molecule has 150 valence electrons. The molecular weight excluding hydrogens is 392 g/mol. The number of para-hydroxylation sites is 2. The Morgan fingerprint density at radius 2 is 1.83 bits per heavy atom. The molecule has 0 radical (unpaired) electrons.